The van der Waals surface area contributed by atoms with Gasteiger partial charge in [-0.15, -0.1) is 0 Å². The molecule has 2 rings (SSSR count). The third kappa shape index (κ3) is 1.75. The number of hydrogen-bond donors (Lipinski definition) is 1. The fourth-order valence-corrected chi connectivity index (χ4v) is 2.38. The Kier molecular flexibility index (Phi) is 2.65. The zero-order chi connectivity index (χ0) is 9.10. The van der Waals surface area contributed by atoms with Crippen molar-refractivity contribution >= 4 is 0 Å². The van der Waals surface area contributed by atoms with Crippen LogP contribution in [-0.4, -0.2) is 6.04 Å². The molecule has 0 unspecified atom stereocenters. The summed E-state index contributed by atoms with van der Waals surface area (Å²) in [5.41, 5.74) is 1.49. The highest BCUT2D eigenvalue weighted by molar-refractivity contribution is 5.21. The summed E-state index contributed by atoms with van der Waals surface area (Å²) in [4.78, 5) is 0. The number of nitrogens with two attached hydrogens (primary N) is 1. The van der Waals surface area contributed by atoms with Gasteiger partial charge in [0.05, 0.1) is 6.04 Å². The van der Waals surface area contributed by atoms with E-state index in [1.54, 1.807) is 0 Å². The number of quaternary nitrogens is 1. The van der Waals surface area contributed by atoms with Crippen LogP contribution in [0.1, 0.15) is 30.7 Å². The Labute approximate surface area is 80.2 Å². The zero-order valence-electron chi connectivity index (χ0n) is 7.95. The van der Waals surface area contributed by atoms with Crippen LogP contribution in [-0.2, 0) is 0 Å². The van der Waals surface area contributed by atoms with Gasteiger partial charge in [0.15, 0.2) is 0 Å². The van der Waals surface area contributed by atoms with Crippen LogP contribution in [0.25, 0.3) is 0 Å². The van der Waals surface area contributed by atoms with Gasteiger partial charge in [-0.1, -0.05) is 30.3 Å². The van der Waals surface area contributed by atoms with Crippen molar-refractivity contribution in [1.29, 1.82) is 0 Å². The molecule has 0 bridgehead atoms. The quantitative estimate of drug-likeness (QED) is 0.659. The van der Waals surface area contributed by atoms with Crippen molar-refractivity contribution in [3.05, 3.63) is 42.9 Å². The third-order valence-electron chi connectivity index (χ3n) is 3.10. The van der Waals surface area contributed by atoms with Gasteiger partial charge in [0.25, 0.3) is 0 Å². The second-order valence-corrected chi connectivity index (χ2v) is 3.85. The summed E-state index contributed by atoms with van der Waals surface area (Å²) in [5, 5.41) is 2.13. The minimum Gasteiger partial charge on any atom is -0.476 e. The summed E-state index contributed by atoms with van der Waals surface area (Å²) in [6, 6.07) is 11.5. The van der Waals surface area contributed by atoms with Crippen molar-refractivity contribution < 1.29 is 5.32 Å². The lowest BCUT2D eigenvalue weighted by Gasteiger charge is -2.19. The van der Waals surface area contributed by atoms with E-state index in [1.807, 2.05) is 0 Å². The Morgan fingerprint density at radius 2 is 1.92 bits per heavy atom. The molecule has 0 amide bonds. The minimum absolute atomic E-state index is 0.711. The molecule has 70 valence electrons. The molecule has 1 aromatic rings. The average molecular weight is 175 g/mol. The van der Waals surface area contributed by atoms with Crippen LogP contribution in [0.5, 0.6) is 0 Å². The van der Waals surface area contributed by atoms with Crippen LogP contribution in [0, 0.1) is 7.05 Å². The first-order valence-electron chi connectivity index (χ1n) is 5.09. The van der Waals surface area contributed by atoms with Crippen molar-refractivity contribution in [2.75, 3.05) is 0 Å². The minimum atomic E-state index is 0.711. The van der Waals surface area contributed by atoms with Crippen molar-refractivity contribution in [3.8, 4) is 0 Å². The van der Waals surface area contributed by atoms with Crippen LogP contribution in [0.2, 0.25) is 0 Å². The predicted molar refractivity (Wildman–Crippen MR) is 54.1 cm³/mol. The van der Waals surface area contributed by atoms with E-state index in [1.165, 1.54) is 24.8 Å². The molecular weight excluding hydrogens is 158 g/mol. The van der Waals surface area contributed by atoms with E-state index >= 15 is 0 Å². The van der Waals surface area contributed by atoms with E-state index in [4.69, 9.17) is 0 Å². The van der Waals surface area contributed by atoms with Crippen LogP contribution < -0.4 is 5.32 Å². The van der Waals surface area contributed by atoms with E-state index < -0.39 is 0 Å². The summed E-state index contributed by atoms with van der Waals surface area (Å²) in [6.07, 6.45) is 4.01. The predicted octanol–water partition coefficient (Wildman–Crippen LogP) is 1.68. The van der Waals surface area contributed by atoms with Gasteiger partial charge in [-0.3, -0.25) is 0 Å². The SMILES string of the molecule is [CH2-][NH2+][C@H]1CCC[C@@H]1c1ccccc1. The Bertz CT molecular complexity index is 255. The van der Waals surface area contributed by atoms with Crippen molar-refractivity contribution in [3.63, 3.8) is 0 Å². The van der Waals surface area contributed by atoms with Crippen molar-refractivity contribution in [2.24, 2.45) is 0 Å². The highest BCUT2D eigenvalue weighted by Gasteiger charge is 2.28. The molecule has 0 heterocycles. The molecule has 0 radical (unpaired) electrons. The molecule has 1 aliphatic carbocycles. The summed E-state index contributed by atoms with van der Waals surface area (Å²) in [5.74, 6) is 0.735. The molecule has 1 nitrogen and oxygen atoms in total. The number of benzene rings is 1. The average Bonchev–Trinajstić information content (AvgIpc) is 2.67. The Balaban J connectivity index is 2.16. The largest absolute Gasteiger partial charge is 0.476 e. The molecule has 0 aliphatic heterocycles. The molecular formula is C12H17N. The van der Waals surface area contributed by atoms with Gasteiger partial charge in [-0.05, 0) is 24.8 Å². The van der Waals surface area contributed by atoms with E-state index in [2.05, 4.69) is 42.7 Å². The first kappa shape index (κ1) is 8.76. The van der Waals surface area contributed by atoms with Gasteiger partial charge >= 0.3 is 0 Å². The van der Waals surface area contributed by atoms with Gasteiger partial charge in [-0.25, -0.2) is 0 Å². The second-order valence-electron chi connectivity index (χ2n) is 3.85. The van der Waals surface area contributed by atoms with Crippen LogP contribution in [0.3, 0.4) is 0 Å². The molecule has 1 aromatic carbocycles. The molecule has 1 saturated carbocycles. The van der Waals surface area contributed by atoms with Gasteiger partial charge in [-0.2, -0.15) is 7.05 Å². The summed E-state index contributed by atoms with van der Waals surface area (Å²) in [6.45, 7) is 0. The highest BCUT2D eigenvalue weighted by atomic mass is 14.9. The maximum atomic E-state index is 3.92. The third-order valence-corrected chi connectivity index (χ3v) is 3.10. The van der Waals surface area contributed by atoms with Crippen molar-refractivity contribution in [2.45, 2.75) is 31.2 Å². The van der Waals surface area contributed by atoms with Gasteiger partial charge in [0, 0.05) is 5.92 Å². The Hall–Kier alpha value is -0.820. The lowest BCUT2D eigenvalue weighted by Crippen LogP contribution is -2.84. The summed E-state index contributed by atoms with van der Waals surface area (Å²) >= 11 is 0. The van der Waals surface area contributed by atoms with Crippen LogP contribution in [0.4, 0.5) is 0 Å². The van der Waals surface area contributed by atoms with E-state index in [-0.39, 0.29) is 0 Å². The molecule has 2 atom stereocenters. The summed E-state index contributed by atoms with van der Waals surface area (Å²) < 4.78 is 0. The molecule has 0 aromatic heterocycles. The lowest BCUT2D eigenvalue weighted by atomic mass is 9.94. The fourth-order valence-electron chi connectivity index (χ4n) is 2.38. The zero-order valence-corrected chi connectivity index (χ0v) is 7.95. The van der Waals surface area contributed by atoms with Gasteiger partial charge in [0.2, 0.25) is 0 Å². The molecule has 1 fully saturated rings. The van der Waals surface area contributed by atoms with Crippen molar-refractivity contribution in [1.82, 2.24) is 0 Å². The summed E-state index contributed by atoms with van der Waals surface area (Å²) in [7, 11) is 3.92. The van der Waals surface area contributed by atoms with E-state index in [0.717, 1.165) is 5.92 Å². The van der Waals surface area contributed by atoms with Gasteiger partial charge < -0.3 is 5.32 Å². The van der Waals surface area contributed by atoms with E-state index in [9.17, 15) is 0 Å². The normalized spacial score (nSPS) is 27.8. The molecule has 0 saturated heterocycles. The smallest absolute Gasteiger partial charge is 0.0689 e. The Morgan fingerprint density at radius 3 is 2.62 bits per heavy atom. The Morgan fingerprint density at radius 1 is 1.15 bits per heavy atom. The first-order valence-corrected chi connectivity index (χ1v) is 5.09. The number of hydrogen-bond acceptors (Lipinski definition) is 0. The molecule has 1 aliphatic rings. The molecule has 13 heavy (non-hydrogen) atoms. The highest BCUT2D eigenvalue weighted by Crippen LogP contribution is 2.32. The van der Waals surface area contributed by atoms with Crippen LogP contribution >= 0.6 is 0 Å². The first-order chi connectivity index (χ1) is 6.42. The maximum absolute atomic E-state index is 3.92. The standard InChI is InChI=1S/C12H17N/c1-13-12-9-5-8-11(12)10-6-3-2-4-7-10/h2-4,6-7,11-12H,1,5,8-9,13H2/t11-,12+/m1/s1. The molecule has 2 N–H and O–H groups in total. The number of rotatable bonds is 2. The topological polar surface area (TPSA) is 16.6 Å². The van der Waals surface area contributed by atoms with Crippen LogP contribution in [0.15, 0.2) is 30.3 Å². The van der Waals surface area contributed by atoms with Gasteiger partial charge in [0.1, 0.15) is 0 Å². The molecule has 0 spiro atoms. The fraction of sp³-hybridized carbons (Fsp3) is 0.417. The monoisotopic (exact) mass is 175 g/mol. The molecule has 1 heteroatoms. The maximum Gasteiger partial charge on any atom is 0.0689 e. The van der Waals surface area contributed by atoms with E-state index in [0.29, 0.717) is 6.04 Å². The second kappa shape index (κ2) is 3.93. The lowest BCUT2D eigenvalue weighted by molar-refractivity contribution is -0.635.